The fourth-order valence-corrected chi connectivity index (χ4v) is 3.34. The molecule has 23 heavy (non-hydrogen) atoms. The number of esters is 1. The molecule has 1 aliphatic carbocycles. The molecule has 0 bridgehead atoms. The summed E-state index contributed by atoms with van der Waals surface area (Å²) >= 11 is 0. The van der Waals surface area contributed by atoms with Gasteiger partial charge < -0.3 is 9.47 Å². The number of carbonyl (C=O) groups is 2. The number of hydrogen-bond acceptors (Lipinski definition) is 4. The number of halogens is 1. The van der Waals surface area contributed by atoms with E-state index in [9.17, 15) is 14.0 Å². The number of nitrogens with zero attached hydrogens (tertiary/aromatic N) is 1. The van der Waals surface area contributed by atoms with E-state index in [2.05, 4.69) is 0 Å². The van der Waals surface area contributed by atoms with E-state index < -0.39 is 11.7 Å². The summed E-state index contributed by atoms with van der Waals surface area (Å²) in [6.45, 7) is 2.61. The average molecular weight is 321 g/mol. The Labute approximate surface area is 134 Å². The van der Waals surface area contributed by atoms with Crippen LogP contribution in [0, 0.1) is 11.7 Å². The summed E-state index contributed by atoms with van der Waals surface area (Å²) in [5, 5.41) is 0. The smallest absolute Gasteiger partial charge is 0.415 e. The van der Waals surface area contributed by atoms with Gasteiger partial charge in [-0.3, -0.25) is 9.69 Å². The minimum absolute atomic E-state index is 0.112. The van der Waals surface area contributed by atoms with Crippen LogP contribution >= 0.6 is 0 Å². The van der Waals surface area contributed by atoms with E-state index in [-0.39, 0.29) is 17.7 Å². The number of ether oxygens (including phenoxy) is 2. The predicted molar refractivity (Wildman–Crippen MR) is 81.5 cm³/mol. The van der Waals surface area contributed by atoms with Crippen molar-refractivity contribution in [3.8, 4) is 0 Å². The van der Waals surface area contributed by atoms with Gasteiger partial charge in [-0.15, -0.1) is 0 Å². The van der Waals surface area contributed by atoms with E-state index in [1.54, 1.807) is 19.1 Å². The van der Waals surface area contributed by atoms with Gasteiger partial charge in [0.1, 0.15) is 11.4 Å². The summed E-state index contributed by atoms with van der Waals surface area (Å²) in [6.07, 6.45) is 2.18. The minimum atomic E-state index is -0.547. The van der Waals surface area contributed by atoms with Crippen molar-refractivity contribution in [1.29, 1.82) is 0 Å². The van der Waals surface area contributed by atoms with Crippen molar-refractivity contribution < 1.29 is 23.5 Å². The van der Waals surface area contributed by atoms with Gasteiger partial charge in [0, 0.05) is 5.69 Å². The number of anilines is 1. The highest BCUT2D eigenvalue weighted by Crippen LogP contribution is 2.41. The van der Waals surface area contributed by atoms with Crippen LogP contribution in [0.5, 0.6) is 0 Å². The molecule has 5 nitrogen and oxygen atoms in total. The fraction of sp³-hybridized carbons (Fsp3) is 0.529. The lowest BCUT2D eigenvalue weighted by atomic mass is 9.78. The second-order valence-corrected chi connectivity index (χ2v) is 6.14. The summed E-state index contributed by atoms with van der Waals surface area (Å²) in [7, 11) is 0. The lowest BCUT2D eigenvalue weighted by Crippen LogP contribution is -2.40. The second-order valence-electron chi connectivity index (χ2n) is 6.14. The van der Waals surface area contributed by atoms with E-state index in [1.165, 1.54) is 17.0 Å². The van der Waals surface area contributed by atoms with Crippen molar-refractivity contribution in [2.24, 2.45) is 5.92 Å². The average Bonchev–Trinajstić information content (AvgIpc) is 2.85. The number of benzene rings is 1. The van der Waals surface area contributed by atoms with E-state index in [0.717, 1.165) is 0 Å². The van der Waals surface area contributed by atoms with Crippen LogP contribution in [-0.2, 0) is 14.3 Å². The quantitative estimate of drug-likeness (QED) is 0.802. The summed E-state index contributed by atoms with van der Waals surface area (Å²) < 4.78 is 23.7. The van der Waals surface area contributed by atoms with Crippen molar-refractivity contribution >= 4 is 17.7 Å². The molecule has 0 radical (unpaired) electrons. The number of amides is 1. The predicted octanol–water partition coefficient (Wildman–Crippen LogP) is 3.27. The molecule has 1 heterocycles. The third-order valence-electron chi connectivity index (χ3n) is 4.63. The van der Waals surface area contributed by atoms with E-state index >= 15 is 0 Å². The largest absolute Gasteiger partial charge is 0.466 e. The van der Waals surface area contributed by atoms with Crippen molar-refractivity contribution in [2.45, 2.75) is 38.2 Å². The number of hydrogen-bond donors (Lipinski definition) is 0. The molecule has 1 spiro atoms. The fourth-order valence-electron chi connectivity index (χ4n) is 3.34. The van der Waals surface area contributed by atoms with Crippen LogP contribution in [0.15, 0.2) is 24.3 Å². The Balaban J connectivity index is 1.66. The van der Waals surface area contributed by atoms with Gasteiger partial charge >= 0.3 is 12.1 Å². The molecule has 124 valence electrons. The highest BCUT2D eigenvalue weighted by molar-refractivity contribution is 5.90. The molecule has 0 unspecified atom stereocenters. The van der Waals surface area contributed by atoms with Gasteiger partial charge in [0.2, 0.25) is 0 Å². The zero-order chi connectivity index (χ0) is 16.4. The maximum Gasteiger partial charge on any atom is 0.415 e. The third-order valence-corrected chi connectivity index (χ3v) is 4.63. The Morgan fingerprint density at radius 2 is 2.00 bits per heavy atom. The van der Waals surface area contributed by atoms with E-state index in [1.807, 2.05) is 0 Å². The maximum atomic E-state index is 13.0. The Hall–Kier alpha value is -2.11. The van der Waals surface area contributed by atoms with Gasteiger partial charge in [-0.1, -0.05) is 0 Å². The third kappa shape index (κ3) is 3.16. The summed E-state index contributed by atoms with van der Waals surface area (Å²) in [4.78, 5) is 25.5. The zero-order valence-corrected chi connectivity index (χ0v) is 13.1. The Bertz CT molecular complexity index is 593. The monoisotopic (exact) mass is 321 g/mol. The Morgan fingerprint density at radius 3 is 2.61 bits per heavy atom. The van der Waals surface area contributed by atoms with Crippen molar-refractivity contribution in [1.82, 2.24) is 0 Å². The minimum Gasteiger partial charge on any atom is -0.466 e. The highest BCUT2D eigenvalue weighted by Gasteiger charge is 2.48. The second kappa shape index (κ2) is 6.18. The highest BCUT2D eigenvalue weighted by atomic mass is 19.1. The van der Waals surface area contributed by atoms with Gasteiger partial charge in [0.05, 0.1) is 19.1 Å². The molecule has 0 atom stereocenters. The normalized spacial score (nSPS) is 27.1. The molecule has 0 N–H and O–H groups in total. The van der Waals surface area contributed by atoms with Crippen LogP contribution in [-0.4, -0.2) is 30.8 Å². The summed E-state index contributed by atoms with van der Waals surface area (Å²) in [5.41, 5.74) is 0.0786. The molecule has 1 saturated heterocycles. The van der Waals surface area contributed by atoms with Crippen LogP contribution < -0.4 is 4.90 Å². The molecule has 1 aromatic carbocycles. The SMILES string of the molecule is CCOC(=O)[C@H]1CC[C@]2(CC1)CN(c1ccc(F)cc1)C(=O)O2. The Kier molecular flexibility index (Phi) is 4.24. The maximum absolute atomic E-state index is 13.0. The van der Waals surface area contributed by atoms with Crippen LogP contribution in [0.2, 0.25) is 0 Å². The first-order valence-corrected chi connectivity index (χ1v) is 7.96. The number of rotatable bonds is 3. The van der Waals surface area contributed by atoms with Crippen LogP contribution in [0.1, 0.15) is 32.6 Å². The van der Waals surface area contributed by atoms with Gasteiger partial charge in [0.15, 0.2) is 0 Å². The first kappa shape index (κ1) is 15.8. The van der Waals surface area contributed by atoms with Crippen molar-refractivity contribution in [2.75, 3.05) is 18.1 Å². The van der Waals surface area contributed by atoms with E-state index in [4.69, 9.17) is 9.47 Å². The molecule has 1 aliphatic heterocycles. The number of carbonyl (C=O) groups excluding carboxylic acids is 2. The molecule has 1 amide bonds. The molecule has 1 aromatic rings. The van der Waals surface area contributed by atoms with Gasteiger partial charge in [-0.2, -0.15) is 0 Å². The Morgan fingerprint density at radius 1 is 1.35 bits per heavy atom. The lowest BCUT2D eigenvalue weighted by molar-refractivity contribution is -0.150. The molecule has 2 aliphatic rings. The summed E-state index contributed by atoms with van der Waals surface area (Å²) in [5.74, 6) is -0.618. The van der Waals surface area contributed by atoms with Gasteiger partial charge in [-0.25, -0.2) is 9.18 Å². The van der Waals surface area contributed by atoms with E-state index in [0.29, 0.717) is 44.5 Å². The molecule has 2 fully saturated rings. The van der Waals surface area contributed by atoms with Crippen LogP contribution in [0.4, 0.5) is 14.9 Å². The van der Waals surface area contributed by atoms with Gasteiger partial charge in [-0.05, 0) is 56.9 Å². The first-order valence-electron chi connectivity index (χ1n) is 7.96. The molecular formula is C17H20FNO4. The zero-order valence-electron chi connectivity index (χ0n) is 13.1. The topological polar surface area (TPSA) is 55.8 Å². The van der Waals surface area contributed by atoms with Crippen molar-refractivity contribution in [3.05, 3.63) is 30.1 Å². The molecule has 3 rings (SSSR count). The lowest BCUT2D eigenvalue weighted by Gasteiger charge is -2.34. The van der Waals surface area contributed by atoms with Crippen LogP contribution in [0.25, 0.3) is 0 Å². The summed E-state index contributed by atoms with van der Waals surface area (Å²) in [6, 6.07) is 5.79. The van der Waals surface area contributed by atoms with Crippen molar-refractivity contribution in [3.63, 3.8) is 0 Å². The molecule has 0 aromatic heterocycles. The van der Waals surface area contributed by atoms with Crippen LogP contribution in [0.3, 0.4) is 0 Å². The molecular weight excluding hydrogens is 301 g/mol. The molecule has 1 saturated carbocycles. The van der Waals surface area contributed by atoms with Gasteiger partial charge in [0.25, 0.3) is 0 Å². The molecule has 6 heteroatoms. The standard InChI is InChI=1S/C17H20FNO4/c1-2-22-15(20)12-7-9-17(10-8-12)11-19(16(21)23-17)14-5-3-13(18)4-6-14/h3-6,12H,2,7-11H2,1H3/t12-,17-. The first-order chi connectivity index (χ1) is 11.0.